The van der Waals surface area contributed by atoms with Gasteiger partial charge in [-0.2, -0.15) is 0 Å². The van der Waals surface area contributed by atoms with Crippen molar-refractivity contribution in [2.24, 2.45) is 0 Å². The number of benzene rings is 1. The summed E-state index contributed by atoms with van der Waals surface area (Å²) < 4.78 is 29.7. The van der Waals surface area contributed by atoms with E-state index in [4.69, 9.17) is 13.7 Å². The summed E-state index contributed by atoms with van der Waals surface area (Å²) >= 11 is 0. The van der Waals surface area contributed by atoms with Crippen LogP contribution in [0.5, 0.6) is 0 Å². The summed E-state index contributed by atoms with van der Waals surface area (Å²) in [6, 6.07) is 10.1. The molecule has 2 aromatic heterocycles. The van der Waals surface area contributed by atoms with Crippen molar-refractivity contribution in [1.29, 1.82) is 0 Å². The minimum Gasteiger partial charge on any atom is -0.468 e. The standard InChI is InChI=1S/C19H20FN3O3/c20-15-5-3-14(4-6-15)18-17(13-21-12-16-2-1-9-25-16)19(26-22-18)23-7-10-24-11-8-23/h1-6,9,21H,7-8,10-13H2. The molecule has 1 aliphatic heterocycles. The molecule has 1 N–H and O–H groups in total. The van der Waals surface area contributed by atoms with Crippen LogP contribution < -0.4 is 10.2 Å². The van der Waals surface area contributed by atoms with Crippen LogP contribution in [0.15, 0.2) is 51.6 Å². The Hall–Kier alpha value is -2.64. The molecule has 0 bridgehead atoms. The lowest BCUT2D eigenvalue weighted by Gasteiger charge is -2.26. The van der Waals surface area contributed by atoms with Crippen LogP contribution in [0, 0.1) is 5.82 Å². The highest BCUT2D eigenvalue weighted by Crippen LogP contribution is 2.32. The van der Waals surface area contributed by atoms with Gasteiger partial charge in [0.15, 0.2) is 0 Å². The van der Waals surface area contributed by atoms with Crippen molar-refractivity contribution >= 4 is 5.88 Å². The van der Waals surface area contributed by atoms with Gasteiger partial charge >= 0.3 is 0 Å². The first-order chi connectivity index (χ1) is 12.8. The fraction of sp³-hybridized carbons (Fsp3) is 0.316. The summed E-state index contributed by atoms with van der Waals surface area (Å²) in [4.78, 5) is 2.13. The number of nitrogens with zero attached hydrogens (tertiary/aromatic N) is 2. The van der Waals surface area contributed by atoms with Gasteiger partial charge in [-0.15, -0.1) is 0 Å². The Balaban J connectivity index is 1.60. The van der Waals surface area contributed by atoms with E-state index in [1.807, 2.05) is 12.1 Å². The Labute approximate surface area is 150 Å². The van der Waals surface area contributed by atoms with Gasteiger partial charge in [-0.3, -0.25) is 0 Å². The maximum absolute atomic E-state index is 13.3. The number of morpholine rings is 1. The average Bonchev–Trinajstić information content (AvgIpc) is 3.33. The van der Waals surface area contributed by atoms with E-state index in [1.165, 1.54) is 12.1 Å². The normalized spacial score (nSPS) is 14.7. The molecule has 1 saturated heterocycles. The van der Waals surface area contributed by atoms with Crippen molar-refractivity contribution in [1.82, 2.24) is 10.5 Å². The molecule has 0 spiro atoms. The third-order valence-electron chi connectivity index (χ3n) is 4.36. The SMILES string of the molecule is Fc1ccc(-c2noc(N3CCOCC3)c2CNCc2ccco2)cc1. The van der Waals surface area contributed by atoms with E-state index in [0.717, 1.165) is 41.6 Å². The number of rotatable bonds is 6. The first-order valence-corrected chi connectivity index (χ1v) is 8.61. The summed E-state index contributed by atoms with van der Waals surface area (Å²) in [5.41, 5.74) is 2.49. The van der Waals surface area contributed by atoms with E-state index in [2.05, 4.69) is 15.4 Å². The van der Waals surface area contributed by atoms with Crippen LogP contribution in [0.4, 0.5) is 10.3 Å². The Morgan fingerprint density at radius 3 is 2.62 bits per heavy atom. The van der Waals surface area contributed by atoms with Crippen molar-refractivity contribution in [3.05, 3.63) is 59.8 Å². The summed E-state index contributed by atoms with van der Waals surface area (Å²) in [7, 11) is 0. The van der Waals surface area contributed by atoms with Gasteiger partial charge in [-0.25, -0.2) is 4.39 Å². The number of aromatic nitrogens is 1. The first-order valence-electron chi connectivity index (χ1n) is 8.61. The number of anilines is 1. The molecule has 0 saturated carbocycles. The van der Waals surface area contributed by atoms with Crippen molar-refractivity contribution in [2.45, 2.75) is 13.1 Å². The minimum atomic E-state index is -0.275. The third-order valence-corrected chi connectivity index (χ3v) is 4.36. The fourth-order valence-electron chi connectivity index (χ4n) is 3.03. The molecule has 0 atom stereocenters. The lowest BCUT2D eigenvalue weighted by Crippen LogP contribution is -2.36. The summed E-state index contributed by atoms with van der Waals surface area (Å²) in [5.74, 6) is 1.32. The second-order valence-electron chi connectivity index (χ2n) is 6.10. The van der Waals surface area contributed by atoms with E-state index in [9.17, 15) is 4.39 Å². The number of ether oxygens (including phenoxy) is 1. The Bertz CT molecular complexity index is 824. The predicted molar refractivity (Wildman–Crippen MR) is 94.2 cm³/mol. The molecular formula is C19H20FN3O3. The minimum absolute atomic E-state index is 0.275. The molecule has 3 heterocycles. The molecule has 26 heavy (non-hydrogen) atoms. The molecule has 136 valence electrons. The molecular weight excluding hydrogens is 337 g/mol. The van der Waals surface area contributed by atoms with Crippen molar-refractivity contribution < 1.29 is 18.1 Å². The highest BCUT2D eigenvalue weighted by molar-refractivity contribution is 5.68. The van der Waals surface area contributed by atoms with Crippen molar-refractivity contribution in [3.63, 3.8) is 0 Å². The number of hydrogen-bond donors (Lipinski definition) is 1. The average molecular weight is 357 g/mol. The van der Waals surface area contributed by atoms with E-state index in [1.54, 1.807) is 18.4 Å². The molecule has 7 heteroatoms. The lowest BCUT2D eigenvalue weighted by atomic mass is 10.1. The van der Waals surface area contributed by atoms with Gasteiger partial charge < -0.3 is 23.9 Å². The van der Waals surface area contributed by atoms with Crippen LogP contribution in [0.25, 0.3) is 11.3 Å². The highest BCUT2D eigenvalue weighted by Gasteiger charge is 2.23. The zero-order valence-corrected chi connectivity index (χ0v) is 14.3. The van der Waals surface area contributed by atoms with Gasteiger partial charge in [-0.1, -0.05) is 5.16 Å². The zero-order chi connectivity index (χ0) is 17.8. The quantitative estimate of drug-likeness (QED) is 0.731. The van der Waals surface area contributed by atoms with Gasteiger partial charge in [0.1, 0.15) is 17.3 Å². The zero-order valence-electron chi connectivity index (χ0n) is 14.3. The summed E-state index contributed by atoms with van der Waals surface area (Å²) in [6.45, 7) is 3.98. The molecule has 1 fully saturated rings. The second kappa shape index (κ2) is 7.72. The van der Waals surface area contributed by atoms with Gasteiger partial charge in [0.25, 0.3) is 0 Å². The third kappa shape index (κ3) is 3.63. The maximum atomic E-state index is 13.3. The van der Waals surface area contributed by atoms with E-state index in [-0.39, 0.29) is 5.82 Å². The van der Waals surface area contributed by atoms with Crippen LogP contribution >= 0.6 is 0 Å². The number of halogens is 1. The van der Waals surface area contributed by atoms with Crippen LogP contribution in [0.2, 0.25) is 0 Å². The van der Waals surface area contributed by atoms with E-state index >= 15 is 0 Å². The van der Waals surface area contributed by atoms with E-state index < -0.39 is 0 Å². The fourth-order valence-corrected chi connectivity index (χ4v) is 3.03. The van der Waals surface area contributed by atoms with E-state index in [0.29, 0.717) is 26.3 Å². The highest BCUT2D eigenvalue weighted by atomic mass is 19.1. The largest absolute Gasteiger partial charge is 0.468 e. The summed E-state index contributed by atoms with van der Waals surface area (Å²) in [6.07, 6.45) is 1.65. The topological polar surface area (TPSA) is 63.7 Å². The number of furan rings is 1. The molecule has 0 unspecified atom stereocenters. The smallest absolute Gasteiger partial charge is 0.232 e. The van der Waals surface area contributed by atoms with Gasteiger partial charge in [0.05, 0.1) is 31.6 Å². The molecule has 0 aliphatic carbocycles. The van der Waals surface area contributed by atoms with Gasteiger partial charge in [-0.05, 0) is 36.4 Å². The van der Waals surface area contributed by atoms with Gasteiger partial charge in [0, 0.05) is 25.2 Å². The predicted octanol–water partition coefficient (Wildman–Crippen LogP) is 3.20. The molecule has 1 aromatic carbocycles. The molecule has 1 aliphatic rings. The number of nitrogens with one attached hydrogen (secondary N) is 1. The molecule has 4 rings (SSSR count). The number of hydrogen-bond acceptors (Lipinski definition) is 6. The van der Waals surface area contributed by atoms with Crippen molar-refractivity contribution in [3.8, 4) is 11.3 Å². The maximum Gasteiger partial charge on any atom is 0.232 e. The summed E-state index contributed by atoms with van der Waals surface area (Å²) in [5, 5.41) is 7.63. The van der Waals surface area contributed by atoms with Crippen molar-refractivity contribution in [2.75, 3.05) is 31.2 Å². The second-order valence-corrected chi connectivity index (χ2v) is 6.10. The molecule has 0 amide bonds. The molecule has 0 radical (unpaired) electrons. The van der Waals surface area contributed by atoms with Crippen LogP contribution in [-0.4, -0.2) is 31.5 Å². The Morgan fingerprint density at radius 1 is 1.08 bits per heavy atom. The Kier molecular flexibility index (Phi) is 4.99. The molecule has 3 aromatic rings. The monoisotopic (exact) mass is 357 g/mol. The van der Waals surface area contributed by atoms with Gasteiger partial charge in [0.2, 0.25) is 5.88 Å². The van der Waals surface area contributed by atoms with Crippen LogP contribution in [0.3, 0.4) is 0 Å². The van der Waals surface area contributed by atoms with Crippen LogP contribution in [-0.2, 0) is 17.8 Å². The first kappa shape index (κ1) is 16.8. The lowest BCUT2D eigenvalue weighted by molar-refractivity contribution is 0.120. The Morgan fingerprint density at radius 2 is 1.88 bits per heavy atom. The molecule has 6 nitrogen and oxygen atoms in total. The van der Waals surface area contributed by atoms with Crippen LogP contribution in [0.1, 0.15) is 11.3 Å².